The molecule has 26 heavy (non-hydrogen) atoms. The Balaban J connectivity index is 2.45. The van der Waals surface area contributed by atoms with Gasteiger partial charge in [-0.2, -0.15) is 17.7 Å². The summed E-state index contributed by atoms with van der Waals surface area (Å²) in [6, 6.07) is 20.4. The summed E-state index contributed by atoms with van der Waals surface area (Å²) in [6.45, 7) is 15.9. The number of hydrogen-bond donors (Lipinski definition) is 0. The van der Waals surface area contributed by atoms with Crippen LogP contribution in [0.3, 0.4) is 0 Å². The van der Waals surface area contributed by atoms with Crippen LogP contribution in [0.2, 0.25) is 6.82 Å². The minimum absolute atomic E-state index is 1.04. The molecule has 0 radical (unpaired) electrons. The summed E-state index contributed by atoms with van der Waals surface area (Å²) in [6.07, 6.45) is -1.04. The molecule has 0 fully saturated rings. The number of hydrogen-bond acceptors (Lipinski definition) is 0. The lowest BCUT2D eigenvalue weighted by molar-refractivity contribution is 1.33. The Morgan fingerprint density at radius 2 is 0.885 bits per heavy atom. The van der Waals surface area contributed by atoms with Crippen LogP contribution in [0.15, 0.2) is 54.6 Å². The normalized spacial score (nSPS) is 11.7. The predicted molar refractivity (Wildman–Crippen MR) is 118 cm³/mol. The first kappa shape index (κ1) is 18.5. The Labute approximate surface area is 159 Å². The van der Waals surface area contributed by atoms with Crippen molar-refractivity contribution in [3.63, 3.8) is 0 Å². The smallest absolute Gasteiger partial charge is 0.0800 e. The summed E-state index contributed by atoms with van der Waals surface area (Å²) >= 11 is 0. The topological polar surface area (TPSA) is 0 Å². The largest absolute Gasteiger partial charge is 0.200 e. The van der Waals surface area contributed by atoms with E-state index in [0.717, 1.165) is 0 Å². The van der Waals surface area contributed by atoms with E-state index in [2.05, 4.69) is 103 Å². The summed E-state index contributed by atoms with van der Waals surface area (Å²) < 4.78 is 0. The van der Waals surface area contributed by atoms with Gasteiger partial charge < -0.3 is 0 Å². The van der Waals surface area contributed by atoms with Gasteiger partial charge in [0.15, 0.2) is 0 Å². The SMILES string of the molecule is Cc1cc(C)c([B-](C)(c2ccccc2)c2c(C)cc(C)cc2C)c(C)c1. The van der Waals surface area contributed by atoms with E-state index in [-0.39, 0.29) is 0 Å². The molecule has 134 valence electrons. The second kappa shape index (κ2) is 6.80. The molecule has 0 aliphatic carbocycles. The van der Waals surface area contributed by atoms with E-state index in [1.807, 2.05) is 0 Å². The number of aryl methyl sites for hydroxylation is 6. The van der Waals surface area contributed by atoms with Crippen LogP contribution in [0.1, 0.15) is 33.4 Å². The molecule has 1 heteroatoms. The van der Waals surface area contributed by atoms with Crippen LogP contribution in [0, 0.1) is 41.5 Å². The lowest BCUT2D eigenvalue weighted by Crippen LogP contribution is -2.67. The third-order valence-corrected chi connectivity index (χ3v) is 6.10. The fraction of sp³-hybridized carbons (Fsp3) is 0.280. The average molecular weight is 341 g/mol. The minimum atomic E-state index is -1.04. The first-order valence-corrected chi connectivity index (χ1v) is 9.66. The molecule has 0 aromatic heterocycles. The number of benzene rings is 3. The molecule has 3 aromatic rings. The van der Waals surface area contributed by atoms with Crippen LogP contribution in [-0.2, 0) is 0 Å². The van der Waals surface area contributed by atoms with Crippen molar-refractivity contribution >= 4 is 22.5 Å². The second-order valence-electron chi connectivity index (χ2n) is 8.33. The van der Waals surface area contributed by atoms with Gasteiger partial charge in [0, 0.05) is 0 Å². The molecule has 0 unspecified atom stereocenters. The van der Waals surface area contributed by atoms with Gasteiger partial charge in [-0.3, -0.25) is 0 Å². The maximum Gasteiger partial charge on any atom is 0.0800 e. The maximum atomic E-state index is 2.46. The minimum Gasteiger partial charge on any atom is -0.200 e. The zero-order valence-corrected chi connectivity index (χ0v) is 17.3. The van der Waals surface area contributed by atoms with Crippen LogP contribution < -0.4 is 16.4 Å². The van der Waals surface area contributed by atoms with Crippen molar-refractivity contribution in [2.45, 2.75) is 48.4 Å². The predicted octanol–water partition coefficient (Wildman–Crippen LogP) is 4.64. The van der Waals surface area contributed by atoms with Crippen LogP contribution in [0.4, 0.5) is 0 Å². The molecule has 0 N–H and O–H groups in total. The Bertz CT molecular complexity index is 848. The highest BCUT2D eigenvalue weighted by Gasteiger charge is 2.29. The van der Waals surface area contributed by atoms with E-state index in [1.165, 1.54) is 49.8 Å². The molecule has 0 amide bonds. The fourth-order valence-corrected chi connectivity index (χ4v) is 5.52. The fourth-order valence-electron chi connectivity index (χ4n) is 5.52. The highest BCUT2D eigenvalue weighted by Crippen LogP contribution is 2.19. The Hall–Kier alpha value is -2.28. The molecule has 0 aliphatic rings. The van der Waals surface area contributed by atoms with E-state index < -0.39 is 6.15 Å². The maximum absolute atomic E-state index is 2.46. The van der Waals surface area contributed by atoms with Gasteiger partial charge in [0.05, 0.1) is 6.15 Å². The van der Waals surface area contributed by atoms with Crippen molar-refractivity contribution in [3.8, 4) is 0 Å². The molecule has 0 aliphatic heterocycles. The van der Waals surface area contributed by atoms with Crippen molar-refractivity contribution in [1.82, 2.24) is 0 Å². The van der Waals surface area contributed by atoms with Crippen molar-refractivity contribution < 1.29 is 0 Å². The lowest BCUT2D eigenvalue weighted by atomic mass is 9.15. The van der Waals surface area contributed by atoms with Crippen LogP contribution in [-0.4, -0.2) is 6.15 Å². The van der Waals surface area contributed by atoms with E-state index >= 15 is 0 Å². The summed E-state index contributed by atoms with van der Waals surface area (Å²) in [5.74, 6) is 0. The van der Waals surface area contributed by atoms with Gasteiger partial charge in [-0.25, -0.2) is 5.46 Å². The Morgan fingerprint density at radius 3 is 1.23 bits per heavy atom. The van der Waals surface area contributed by atoms with Crippen molar-refractivity contribution in [2.75, 3.05) is 0 Å². The molecule has 0 bridgehead atoms. The highest BCUT2D eigenvalue weighted by atomic mass is 14.1. The van der Waals surface area contributed by atoms with E-state index in [4.69, 9.17) is 0 Å². The second-order valence-corrected chi connectivity index (χ2v) is 8.33. The van der Waals surface area contributed by atoms with Crippen molar-refractivity contribution in [1.29, 1.82) is 0 Å². The standard InChI is InChI=1S/C25H30B/c1-17-13-19(3)24(20(4)14-17)26(7,23-11-9-8-10-12-23)25-21(5)15-18(2)16-22(25)6/h8-16H,1-7H3/q-1. The van der Waals surface area contributed by atoms with Crippen LogP contribution in [0.5, 0.6) is 0 Å². The monoisotopic (exact) mass is 341 g/mol. The zero-order chi connectivity index (χ0) is 19.1. The average Bonchev–Trinajstić information content (AvgIpc) is 2.53. The Morgan fingerprint density at radius 1 is 0.538 bits per heavy atom. The Kier molecular flexibility index (Phi) is 4.84. The van der Waals surface area contributed by atoms with E-state index in [9.17, 15) is 0 Å². The van der Waals surface area contributed by atoms with Gasteiger partial charge in [0.25, 0.3) is 0 Å². The van der Waals surface area contributed by atoms with Gasteiger partial charge in [-0.05, 0) is 41.5 Å². The molecule has 3 aromatic carbocycles. The third kappa shape index (κ3) is 3.01. The lowest BCUT2D eigenvalue weighted by Gasteiger charge is -2.44. The van der Waals surface area contributed by atoms with Gasteiger partial charge >= 0.3 is 0 Å². The molecule has 0 saturated heterocycles. The summed E-state index contributed by atoms with van der Waals surface area (Å²) in [7, 11) is 0. The first-order valence-electron chi connectivity index (χ1n) is 9.66. The van der Waals surface area contributed by atoms with Gasteiger partial charge in [-0.15, -0.1) is 0 Å². The van der Waals surface area contributed by atoms with Gasteiger partial charge in [-0.1, -0.05) is 88.0 Å². The summed E-state index contributed by atoms with van der Waals surface area (Å²) in [4.78, 5) is 0. The van der Waals surface area contributed by atoms with E-state index in [0.29, 0.717) is 0 Å². The zero-order valence-electron chi connectivity index (χ0n) is 17.3. The summed E-state index contributed by atoms with van der Waals surface area (Å²) in [5.41, 5.74) is 12.7. The van der Waals surface area contributed by atoms with Crippen LogP contribution in [0.25, 0.3) is 0 Å². The third-order valence-electron chi connectivity index (χ3n) is 6.10. The molecule has 0 nitrogen and oxygen atoms in total. The molecule has 3 rings (SSSR count). The number of rotatable bonds is 3. The van der Waals surface area contributed by atoms with Gasteiger partial charge in [0.2, 0.25) is 0 Å². The van der Waals surface area contributed by atoms with Crippen molar-refractivity contribution in [2.24, 2.45) is 0 Å². The quantitative estimate of drug-likeness (QED) is 0.609. The van der Waals surface area contributed by atoms with Crippen molar-refractivity contribution in [3.05, 3.63) is 88.0 Å². The van der Waals surface area contributed by atoms with Crippen LogP contribution >= 0.6 is 0 Å². The first-order chi connectivity index (χ1) is 12.2. The molecule has 0 spiro atoms. The highest BCUT2D eigenvalue weighted by molar-refractivity contribution is 7.11. The van der Waals surface area contributed by atoms with E-state index in [1.54, 1.807) is 0 Å². The molecular formula is C25H30B-. The molecule has 0 saturated carbocycles. The summed E-state index contributed by atoms with van der Waals surface area (Å²) in [5, 5.41) is 0. The molecule has 0 atom stereocenters. The molecule has 0 heterocycles. The molecular weight excluding hydrogens is 311 g/mol. The van der Waals surface area contributed by atoms with Gasteiger partial charge in [0.1, 0.15) is 0 Å².